The van der Waals surface area contributed by atoms with Crippen LogP contribution in [0.15, 0.2) is 48.6 Å². The minimum atomic E-state index is -1.35. The Hall–Kier alpha value is -2.47. The van der Waals surface area contributed by atoms with E-state index in [1.165, 1.54) is 12.1 Å². The molecule has 0 N–H and O–H groups in total. The summed E-state index contributed by atoms with van der Waals surface area (Å²) in [6.07, 6.45) is 5.11. The second kappa shape index (κ2) is 11.2. The summed E-state index contributed by atoms with van der Waals surface area (Å²) in [5.74, 6) is -2.35. The molecule has 3 atom stereocenters. The molecule has 1 aliphatic heterocycles. The number of rotatable bonds is 9. The van der Waals surface area contributed by atoms with Crippen molar-refractivity contribution in [3.63, 3.8) is 0 Å². The SMILES string of the molecule is CC=CC1CCC(c2ccc(CC(F)COc3ccc(OCC)c(F)c3F)cc2)OC1. The lowest BCUT2D eigenvalue weighted by atomic mass is 9.93. The Kier molecular flexibility index (Phi) is 8.41. The van der Waals surface area contributed by atoms with Crippen LogP contribution in [0.5, 0.6) is 11.5 Å². The van der Waals surface area contributed by atoms with Gasteiger partial charge >= 0.3 is 0 Å². The van der Waals surface area contributed by atoms with Gasteiger partial charge in [-0.1, -0.05) is 36.4 Å². The van der Waals surface area contributed by atoms with Crippen LogP contribution in [0.4, 0.5) is 13.2 Å². The number of alkyl halides is 1. The zero-order valence-electron chi connectivity index (χ0n) is 18.0. The van der Waals surface area contributed by atoms with E-state index in [9.17, 15) is 13.2 Å². The zero-order valence-corrected chi connectivity index (χ0v) is 18.0. The van der Waals surface area contributed by atoms with Crippen molar-refractivity contribution >= 4 is 0 Å². The molecule has 6 heteroatoms. The summed E-state index contributed by atoms with van der Waals surface area (Å²) in [7, 11) is 0. The quantitative estimate of drug-likeness (QED) is 0.430. The normalized spacial score (nSPS) is 20.0. The highest BCUT2D eigenvalue weighted by Crippen LogP contribution is 2.31. The first kappa shape index (κ1) is 23.2. The summed E-state index contributed by atoms with van der Waals surface area (Å²) in [4.78, 5) is 0. The van der Waals surface area contributed by atoms with Crippen LogP contribution in [0.25, 0.3) is 0 Å². The fourth-order valence-electron chi connectivity index (χ4n) is 3.71. The van der Waals surface area contributed by atoms with Gasteiger partial charge in [-0.2, -0.15) is 8.78 Å². The Labute approximate surface area is 181 Å². The van der Waals surface area contributed by atoms with Crippen molar-refractivity contribution in [3.05, 3.63) is 71.3 Å². The fraction of sp³-hybridized carbons (Fsp3) is 0.440. The summed E-state index contributed by atoms with van der Waals surface area (Å²) in [5, 5.41) is 0. The lowest BCUT2D eigenvalue weighted by Gasteiger charge is -2.27. The third-order valence-electron chi connectivity index (χ3n) is 5.32. The molecule has 2 aromatic rings. The smallest absolute Gasteiger partial charge is 0.204 e. The third kappa shape index (κ3) is 6.26. The first-order chi connectivity index (χ1) is 15.0. The topological polar surface area (TPSA) is 27.7 Å². The average Bonchev–Trinajstić information content (AvgIpc) is 2.78. The van der Waals surface area contributed by atoms with E-state index in [0.717, 1.165) is 24.0 Å². The second-order valence-electron chi connectivity index (χ2n) is 7.66. The largest absolute Gasteiger partial charge is 0.491 e. The number of benzene rings is 2. The molecule has 1 saturated heterocycles. The zero-order chi connectivity index (χ0) is 22.2. The van der Waals surface area contributed by atoms with Crippen LogP contribution in [0.3, 0.4) is 0 Å². The van der Waals surface area contributed by atoms with Gasteiger partial charge in [-0.3, -0.25) is 0 Å². The van der Waals surface area contributed by atoms with E-state index in [1.807, 2.05) is 31.2 Å². The highest BCUT2D eigenvalue weighted by molar-refractivity contribution is 5.35. The van der Waals surface area contributed by atoms with Gasteiger partial charge in [0.2, 0.25) is 11.6 Å². The number of allylic oxidation sites excluding steroid dienone is 1. The van der Waals surface area contributed by atoms with E-state index >= 15 is 0 Å². The van der Waals surface area contributed by atoms with Crippen LogP contribution in [0.1, 0.15) is 43.9 Å². The van der Waals surface area contributed by atoms with Gasteiger partial charge < -0.3 is 14.2 Å². The van der Waals surface area contributed by atoms with Crippen LogP contribution >= 0.6 is 0 Å². The number of ether oxygens (including phenoxy) is 3. The fourth-order valence-corrected chi connectivity index (χ4v) is 3.71. The van der Waals surface area contributed by atoms with E-state index in [1.54, 1.807) is 6.92 Å². The van der Waals surface area contributed by atoms with Gasteiger partial charge in [0.1, 0.15) is 12.8 Å². The van der Waals surface area contributed by atoms with Crippen molar-refractivity contribution < 1.29 is 27.4 Å². The van der Waals surface area contributed by atoms with E-state index < -0.39 is 17.8 Å². The number of hydrogen-bond donors (Lipinski definition) is 0. The Morgan fingerprint density at radius 1 is 1.03 bits per heavy atom. The molecule has 0 bridgehead atoms. The van der Waals surface area contributed by atoms with Crippen molar-refractivity contribution in [3.8, 4) is 11.5 Å². The summed E-state index contributed by atoms with van der Waals surface area (Å²) in [5.41, 5.74) is 1.89. The van der Waals surface area contributed by atoms with Gasteiger partial charge in [0.25, 0.3) is 0 Å². The summed E-state index contributed by atoms with van der Waals surface area (Å²) >= 11 is 0. The molecule has 0 aromatic heterocycles. The molecule has 0 saturated carbocycles. The molecule has 0 amide bonds. The molecule has 3 unspecified atom stereocenters. The Bertz CT molecular complexity index is 859. The molecule has 168 valence electrons. The second-order valence-corrected chi connectivity index (χ2v) is 7.66. The van der Waals surface area contributed by atoms with Gasteiger partial charge in [0.15, 0.2) is 11.5 Å². The molecule has 0 spiro atoms. The first-order valence-electron chi connectivity index (χ1n) is 10.7. The summed E-state index contributed by atoms with van der Waals surface area (Å²) < 4.78 is 58.4. The highest BCUT2D eigenvalue weighted by atomic mass is 19.2. The maximum Gasteiger partial charge on any atom is 0.204 e. The third-order valence-corrected chi connectivity index (χ3v) is 5.32. The van der Waals surface area contributed by atoms with Gasteiger partial charge in [-0.05, 0) is 49.9 Å². The van der Waals surface area contributed by atoms with E-state index in [2.05, 4.69) is 12.2 Å². The lowest BCUT2D eigenvalue weighted by molar-refractivity contribution is -0.00526. The van der Waals surface area contributed by atoms with Crippen LogP contribution in [-0.2, 0) is 11.2 Å². The Morgan fingerprint density at radius 3 is 2.29 bits per heavy atom. The standard InChI is InChI=1S/C25H29F3O3/c1-3-5-18-8-11-21(30-15-18)19-9-6-17(7-10-19)14-20(26)16-31-23-13-12-22(29-4-2)24(27)25(23)28/h3,5-7,9-10,12-13,18,20-21H,4,8,11,14-16H2,1-2H3. The minimum Gasteiger partial charge on any atom is -0.491 e. The predicted octanol–water partition coefficient (Wildman–Crippen LogP) is 6.37. The van der Waals surface area contributed by atoms with Gasteiger partial charge in [-0.15, -0.1) is 0 Å². The highest BCUT2D eigenvalue weighted by Gasteiger charge is 2.22. The summed E-state index contributed by atoms with van der Waals surface area (Å²) in [6, 6.07) is 10.2. The van der Waals surface area contributed by atoms with Crippen LogP contribution in [0.2, 0.25) is 0 Å². The first-order valence-corrected chi connectivity index (χ1v) is 10.7. The average molecular weight is 434 g/mol. The van der Waals surface area contributed by atoms with Crippen molar-refractivity contribution in [2.24, 2.45) is 5.92 Å². The van der Waals surface area contributed by atoms with Crippen molar-refractivity contribution in [1.29, 1.82) is 0 Å². The maximum atomic E-state index is 14.4. The molecule has 1 aliphatic rings. The Balaban J connectivity index is 1.50. The molecule has 2 aromatic carbocycles. The molecular weight excluding hydrogens is 405 g/mol. The molecule has 31 heavy (non-hydrogen) atoms. The van der Waals surface area contributed by atoms with Gasteiger partial charge in [0.05, 0.1) is 19.3 Å². The maximum absolute atomic E-state index is 14.4. The van der Waals surface area contributed by atoms with Crippen molar-refractivity contribution in [2.75, 3.05) is 19.8 Å². The van der Waals surface area contributed by atoms with Crippen LogP contribution in [0, 0.1) is 17.6 Å². The molecule has 3 rings (SSSR count). The van der Waals surface area contributed by atoms with Gasteiger partial charge in [-0.25, -0.2) is 4.39 Å². The molecule has 1 fully saturated rings. The molecule has 0 radical (unpaired) electrons. The Morgan fingerprint density at radius 2 is 1.71 bits per heavy atom. The molecule has 1 heterocycles. The molecular formula is C25H29F3O3. The molecule has 0 aliphatic carbocycles. The van der Waals surface area contributed by atoms with Crippen molar-refractivity contribution in [1.82, 2.24) is 0 Å². The van der Waals surface area contributed by atoms with Gasteiger partial charge in [0, 0.05) is 12.3 Å². The monoisotopic (exact) mass is 434 g/mol. The lowest BCUT2D eigenvalue weighted by Crippen LogP contribution is -2.19. The van der Waals surface area contributed by atoms with Crippen LogP contribution < -0.4 is 9.47 Å². The van der Waals surface area contributed by atoms with Crippen molar-refractivity contribution in [2.45, 2.75) is 45.4 Å². The predicted molar refractivity (Wildman–Crippen MR) is 114 cm³/mol. The summed E-state index contributed by atoms with van der Waals surface area (Å²) in [6.45, 7) is 4.24. The van der Waals surface area contributed by atoms with Crippen LogP contribution in [-0.4, -0.2) is 26.0 Å². The number of halogens is 3. The van der Waals surface area contributed by atoms with E-state index in [4.69, 9.17) is 14.2 Å². The van der Waals surface area contributed by atoms with E-state index in [0.29, 0.717) is 12.5 Å². The molecule has 3 nitrogen and oxygen atoms in total. The van der Waals surface area contributed by atoms with E-state index in [-0.39, 0.29) is 37.2 Å². The minimum absolute atomic E-state index is 0.0672. The number of hydrogen-bond acceptors (Lipinski definition) is 3.